The molecule has 1 aliphatic rings. The number of anilines is 1. The normalized spacial score (nSPS) is 14.8. The number of hydrogen-bond acceptors (Lipinski definition) is 3. The molecule has 4 nitrogen and oxygen atoms in total. The van der Waals surface area contributed by atoms with Crippen LogP contribution in [-0.2, 0) is 11.3 Å². The van der Waals surface area contributed by atoms with Crippen LogP contribution in [0.15, 0.2) is 40.2 Å². The number of benzene rings is 1. The Labute approximate surface area is 128 Å². The fourth-order valence-corrected chi connectivity index (χ4v) is 3.60. The molecule has 102 valence electrons. The van der Waals surface area contributed by atoms with Gasteiger partial charge in [0, 0.05) is 9.35 Å². The van der Waals surface area contributed by atoms with Gasteiger partial charge in [-0.1, -0.05) is 12.1 Å². The van der Waals surface area contributed by atoms with Crippen LogP contribution in [0.2, 0.25) is 0 Å². The van der Waals surface area contributed by atoms with Crippen LogP contribution in [0.4, 0.5) is 5.69 Å². The van der Waals surface area contributed by atoms with E-state index in [1.165, 1.54) is 0 Å². The van der Waals surface area contributed by atoms with E-state index in [0.717, 1.165) is 9.35 Å². The monoisotopic (exact) mass is 350 g/mol. The molecule has 20 heavy (non-hydrogen) atoms. The minimum atomic E-state index is -0.207. The van der Waals surface area contributed by atoms with Crippen molar-refractivity contribution in [3.63, 3.8) is 0 Å². The number of rotatable bonds is 2. The summed E-state index contributed by atoms with van der Waals surface area (Å²) in [5, 5.41) is 4.61. The summed E-state index contributed by atoms with van der Waals surface area (Å²) in [7, 11) is 0. The summed E-state index contributed by atoms with van der Waals surface area (Å²) in [6.45, 7) is 0.486. The second-order valence-corrected chi connectivity index (χ2v) is 6.23. The second-order valence-electron chi connectivity index (χ2n) is 4.37. The van der Waals surface area contributed by atoms with Crippen molar-refractivity contribution >= 4 is 44.8 Å². The molecule has 0 aliphatic carbocycles. The van der Waals surface area contributed by atoms with E-state index in [0.29, 0.717) is 17.8 Å². The molecule has 1 N–H and O–H groups in total. The second kappa shape index (κ2) is 5.38. The van der Waals surface area contributed by atoms with Gasteiger partial charge in [-0.2, -0.15) is 0 Å². The Kier molecular flexibility index (Phi) is 3.58. The first-order chi connectivity index (χ1) is 9.66. The molecule has 0 unspecified atom stereocenters. The number of carbonyl (C=O) groups excluding carboxylic acids is 2. The number of nitrogens with one attached hydrogen (secondary N) is 1. The molecule has 1 aromatic heterocycles. The van der Waals surface area contributed by atoms with Gasteiger partial charge >= 0.3 is 0 Å². The molecule has 2 heterocycles. The molecule has 0 fully saturated rings. The lowest BCUT2D eigenvalue weighted by molar-refractivity contribution is -0.117. The largest absolute Gasteiger partial charge is 0.343 e. The van der Waals surface area contributed by atoms with E-state index in [-0.39, 0.29) is 18.4 Å². The number of hydrogen-bond donors (Lipinski definition) is 1. The number of fused-ring (bicyclic) bond motifs is 1. The van der Waals surface area contributed by atoms with Crippen molar-refractivity contribution in [1.29, 1.82) is 0 Å². The fraction of sp³-hybridized carbons (Fsp3) is 0.143. The molecule has 0 saturated carbocycles. The van der Waals surface area contributed by atoms with Crippen LogP contribution in [0, 0.1) is 0 Å². The van der Waals surface area contributed by atoms with Crippen molar-refractivity contribution < 1.29 is 9.59 Å². The molecule has 0 radical (unpaired) electrons. The molecule has 1 aromatic carbocycles. The zero-order valence-electron chi connectivity index (χ0n) is 10.4. The molecular weight excluding hydrogens is 340 g/mol. The maximum atomic E-state index is 12.3. The van der Waals surface area contributed by atoms with Gasteiger partial charge in [-0.25, -0.2) is 0 Å². The minimum Gasteiger partial charge on any atom is -0.343 e. The Hall–Kier alpha value is -1.66. The smallest absolute Gasteiger partial charge is 0.253 e. The first kappa shape index (κ1) is 13.3. The van der Waals surface area contributed by atoms with Gasteiger partial charge in [0.15, 0.2) is 0 Å². The molecule has 6 heteroatoms. The summed E-state index contributed by atoms with van der Waals surface area (Å²) < 4.78 is 0.983. The Bertz CT molecular complexity index is 683. The van der Waals surface area contributed by atoms with E-state index in [1.54, 1.807) is 34.4 Å². The number of para-hydroxylation sites is 1. The molecule has 1 aliphatic heterocycles. The van der Waals surface area contributed by atoms with Gasteiger partial charge in [-0.05, 0) is 39.5 Å². The number of thiophene rings is 1. The predicted molar refractivity (Wildman–Crippen MR) is 82.0 cm³/mol. The van der Waals surface area contributed by atoms with E-state index in [1.807, 2.05) is 17.5 Å². The zero-order valence-corrected chi connectivity index (χ0v) is 12.8. The molecule has 0 bridgehead atoms. The maximum absolute atomic E-state index is 12.3. The highest BCUT2D eigenvalue weighted by Crippen LogP contribution is 2.29. The Morgan fingerprint density at radius 2 is 2.05 bits per heavy atom. The Morgan fingerprint density at radius 3 is 2.80 bits per heavy atom. The van der Waals surface area contributed by atoms with Crippen molar-refractivity contribution in [3.05, 3.63) is 50.6 Å². The van der Waals surface area contributed by atoms with Crippen LogP contribution >= 0.6 is 27.3 Å². The zero-order chi connectivity index (χ0) is 14.1. The van der Waals surface area contributed by atoms with Crippen molar-refractivity contribution in [2.45, 2.75) is 6.54 Å². The first-order valence-electron chi connectivity index (χ1n) is 6.06. The molecule has 2 aromatic rings. The molecule has 0 atom stereocenters. The Balaban J connectivity index is 2.03. The summed E-state index contributed by atoms with van der Waals surface area (Å²) in [5.74, 6) is -0.315. The van der Waals surface area contributed by atoms with E-state index >= 15 is 0 Å². The highest BCUT2D eigenvalue weighted by Gasteiger charge is 2.26. The van der Waals surface area contributed by atoms with Crippen LogP contribution in [-0.4, -0.2) is 18.4 Å². The molecule has 0 saturated heterocycles. The van der Waals surface area contributed by atoms with Crippen LogP contribution in [0.25, 0.3) is 0 Å². The Morgan fingerprint density at radius 1 is 1.25 bits per heavy atom. The van der Waals surface area contributed by atoms with Gasteiger partial charge < -0.3 is 10.2 Å². The topological polar surface area (TPSA) is 49.4 Å². The molecule has 3 rings (SSSR count). The van der Waals surface area contributed by atoms with Gasteiger partial charge in [0.25, 0.3) is 5.91 Å². The summed E-state index contributed by atoms with van der Waals surface area (Å²) in [4.78, 5) is 26.9. The fourth-order valence-electron chi connectivity index (χ4n) is 2.14. The van der Waals surface area contributed by atoms with Gasteiger partial charge in [-0.15, -0.1) is 11.3 Å². The number of amides is 2. The maximum Gasteiger partial charge on any atom is 0.253 e. The number of halogens is 1. The number of nitrogens with zero attached hydrogens (tertiary/aromatic N) is 1. The van der Waals surface area contributed by atoms with Gasteiger partial charge in [0.2, 0.25) is 5.91 Å². The average Bonchev–Trinajstić information content (AvgIpc) is 2.82. The highest BCUT2D eigenvalue weighted by atomic mass is 79.9. The van der Waals surface area contributed by atoms with E-state index in [4.69, 9.17) is 0 Å². The van der Waals surface area contributed by atoms with E-state index in [2.05, 4.69) is 21.2 Å². The summed E-state index contributed by atoms with van der Waals surface area (Å²) >= 11 is 5.06. The average molecular weight is 351 g/mol. The van der Waals surface area contributed by atoms with E-state index < -0.39 is 0 Å². The number of carbonyl (C=O) groups is 2. The third-order valence-corrected chi connectivity index (χ3v) is 5.04. The van der Waals surface area contributed by atoms with Crippen molar-refractivity contribution in [3.8, 4) is 0 Å². The lowest BCUT2D eigenvalue weighted by Gasteiger charge is -2.21. The van der Waals surface area contributed by atoms with Crippen LogP contribution in [0.3, 0.4) is 0 Å². The van der Waals surface area contributed by atoms with Crippen LogP contribution in [0.5, 0.6) is 0 Å². The highest BCUT2D eigenvalue weighted by molar-refractivity contribution is 9.10. The lowest BCUT2D eigenvalue weighted by Crippen LogP contribution is -2.35. The summed E-state index contributed by atoms with van der Waals surface area (Å²) in [6.07, 6.45) is 0. The third-order valence-electron chi connectivity index (χ3n) is 3.13. The quantitative estimate of drug-likeness (QED) is 0.905. The van der Waals surface area contributed by atoms with Crippen molar-refractivity contribution in [1.82, 2.24) is 5.32 Å². The summed E-state index contributed by atoms with van der Waals surface area (Å²) in [5.41, 5.74) is 1.19. The third kappa shape index (κ3) is 2.36. The molecular formula is C14H11BrN2O2S. The van der Waals surface area contributed by atoms with Gasteiger partial charge in [0.05, 0.1) is 24.3 Å². The SMILES string of the molecule is O=C1NCC(=O)N(Cc2sccc2Br)c2ccccc21. The van der Waals surface area contributed by atoms with E-state index in [9.17, 15) is 9.59 Å². The van der Waals surface area contributed by atoms with Gasteiger partial charge in [-0.3, -0.25) is 9.59 Å². The first-order valence-corrected chi connectivity index (χ1v) is 7.73. The van der Waals surface area contributed by atoms with Gasteiger partial charge in [0.1, 0.15) is 0 Å². The lowest BCUT2D eigenvalue weighted by atomic mass is 10.1. The van der Waals surface area contributed by atoms with Crippen LogP contribution in [0.1, 0.15) is 15.2 Å². The minimum absolute atomic E-state index is 0.0243. The molecule has 2 amide bonds. The standard InChI is InChI=1S/C14H11BrN2O2S/c15-10-5-6-20-12(10)8-17-11-4-2-1-3-9(11)14(19)16-7-13(17)18/h1-6H,7-8H2,(H,16,19). The summed E-state index contributed by atoms with van der Waals surface area (Å²) in [6, 6.07) is 9.13. The van der Waals surface area contributed by atoms with Crippen molar-refractivity contribution in [2.24, 2.45) is 0 Å². The van der Waals surface area contributed by atoms with Crippen molar-refractivity contribution in [2.75, 3.05) is 11.4 Å². The van der Waals surface area contributed by atoms with Crippen LogP contribution < -0.4 is 10.2 Å². The molecule has 0 spiro atoms. The predicted octanol–water partition coefficient (Wildman–Crippen LogP) is 2.79.